The number of rotatable bonds is 5. The summed E-state index contributed by atoms with van der Waals surface area (Å²) < 4.78 is 6.36. The van der Waals surface area contributed by atoms with Crippen LogP contribution in [0.1, 0.15) is 17.5 Å². The molecule has 3 nitrogen and oxygen atoms in total. The van der Waals surface area contributed by atoms with Crippen LogP contribution in [0, 0.1) is 11.8 Å². The van der Waals surface area contributed by atoms with Gasteiger partial charge in [-0.1, -0.05) is 29.7 Å². The van der Waals surface area contributed by atoms with Crippen LogP contribution in [0.4, 0.5) is 0 Å². The van der Waals surface area contributed by atoms with Crippen molar-refractivity contribution in [2.45, 2.75) is 16.5 Å². The van der Waals surface area contributed by atoms with Crippen molar-refractivity contribution in [2.75, 3.05) is 13.7 Å². The van der Waals surface area contributed by atoms with Gasteiger partial charge in [0, 0.05) is 23.8 Å². The first kappa shape index (κ1) is 14.9. The highest BCUT2D eigenvalue weighted by Gasteiger charge is 2.04. The van der Waals surface area contributed by atoms with Crippen molar-refractivity contribution in [2.24, 2.45) is 0 Å². The molecule has 2 rings (SSSR count). The second-order valence-corrected chi connectivity index (χ2v) is 6.01. The van der Waals surface area contributed by atoms with Crippen LogP contribution in [0.3, 0.4) is 0 Å². The fourth-order valence-electron chi connectivity index (χ4n) is 1.58. The first-order valence-electron chi connectivity index (χ1n) is 6.12. The number of thioether (sulfide) groups is 1. The Morgan fingerprint density at radius 2 is 2.35 bits per heavy atom. The van der Waals surface area contributed by atoms with Crippen molar-refractivity contribution in [3.05, 3.63) is 40.9 Å². The largest absolute Gasteiger partial charge is 0.495 e. The lowest BCUT2D eigenvalue weighted by Crippen LogP contribution is -1.90. The summed E-state index contributed by atoms with van der Waals surface area (Å²) in [5.41, 5.74) is 2.04. The van der Waals surface area contributed by atoms with Crippen LogP contribution in [-0.4, -0.2) is 23.8 Å². The Kier molecular flexibility index (Phi) is 5.93. The van der Waals surface area contributed by atoms with Gasteiger partial charge in [0.1, 0.15) is 10.1 Å². The zero-order valence-corrected chi connectivity index (χ0v) is 12.8. The molecule has 0 aliphatic heterocycles. The standard InChI is InChI=1S/C15H15NO2S2/c1-18-14-6-5-12(10-13(14)4-2-3-8-17)11-20-15-16-7-9-19-15/h5-7,9-10,17H,3,8,11H2,1H3. The van der Waals surface area contributed by atoms with E-state index in [1.54, 1.807) is 30.2 Å². The first-order chi connectivity index (χ1) is 9.83. The molecule has 0 atom stereocenters. The van der Waals surface area contributed by atoms with Crippen molar-refractivity contribution >= 4 is 23.1 Å². The van der Waals surface area contributed by atoms with Crippen LogP contribution in [0.2, 0.25) is 0 Å². The summed E-state index contributed by atoms with van der Waals surface area (Å²) in [6.07, 6.45) is 2.29. The number of aliphatic hydroxyl groups excluding tert-OH is 1. The van der Waals surface area contributed by atoms with Gasteiger partial charge in [0.05, 0.1) is 19.3 Å². The summed E-state index contributed by atoms with van der Waals surface area (Å²) >= 11 is 3.35. The van der Waals surface area contributed by atoms with Crippen LogP contribution in [0.25, 0.3) is 0 Å². The van der Waals surface area contributed by atoms with Crippen LogP contribution < -0.4 is 4.74 Å². The molecule has 1 heterocycles. The predicted molar refractivity (Wildman–Crippen MR) is 83.2 cm³/mol. The number of benzene rings is 1. The van der Waals surface area contributed by atoms with Gasteiger partial charge in [0.25, 0.3) is 0 Å². The molecule has 20 heavy (non-hydrogen) atoms. The Labute approximate surface area is 127 Å². The summed E-state index contributed by atoms with van der Waals surface area (Å²) in [7, 11) is 1.64. The fourth-order valence-corrected chi connectivity index (χ4v) is 3.16. The minimum Gasteiger partial charge on any atom is -0.495 e. The van der Waals surface area contributed by atoms with E-state index in [0.29, 0.717) is 6.42 Å². The van der Waals surface area contributed by atoms with Crippen LogP contribution in [0.15, 0.2) is 34.1 Å². The summed E-state index contributed by atoms with van der Waals surface area (Å²) in [4.78, 5) is 4.25. The molecule has 0 fully saturated rings. The molecule has 0 radical (unpaired) electrons. The SMILES string of the molecule is COc1ccc(CSc2nccs2)cc1C#CCCO. The zero-order chi connectivity index (χ0) is 14.2. The van der Waals surface area contributed by atoms with Gasteiger partial charge >= 0.3 is 0 Å². The van der Waals surface area contributed by atoms with E-state index in [-0.39, 0.29) is 6.61 Å². The summed E-state index contributed by atoms with van der Waals surface area (Å²) in [5, 5.41) is 10.7. The van der Waals surface area contributed by atoms with Crippen molar-refractivity contribution in [3.8, 4) is 17.6 Å². The maximum Gasteiger partial charge on any atom is 0.150 e. The fraction of sp³-hybridized carbons (Fsp3) is 0.267. The average molecular weight is 305 g/mol. The Morgan fingerprint density at radius 1 is 1.45 bits per heavy atom. The van der Waals surface area contributed by atoms with Crippen LogP contribution in [0.5, 0.6) is 5.75 Å². The van der Waals surface area contributed by atoms with E-state index in [2.05, 4.69) is 16.8 Å². The number of thiazole rings is 1. The molecule has 1 aromatic heterocycles. The van der Waals surface area contributed by atoms with Crippen molar-refractivity contribution in [1.82, 2.24) is 4.98 Å². The summed E-state index contributed by atoms with van der Waals surface area (Å²) in [6.45, 7) is 0.0783. The number of hydrogen-bond donors (Lipinski definition) is 1. The molecular weight excluding hydrogens is 290 g/mol. The third-order valence-electron chi connectivity index (χ3n) is 2.50. The van der Waals surface area contributed by atoms with Crippen LogP contribution >= 0.6 is 23.1 Å². The van der Waals surface area contributed by atoms with Gasteiger partial charge in [-0.05, 0) is 17.7 Å². The minimum absolute atomic E-state index is 0.0783. The molecule has 0 spiro atoms. The Bertz CT molecular complexity index is 600. The quantitative estimate of drug-likeness (QED) is 0.680. The molecule has 0 saturated carbocycles. The minimum atomic E-state index is 0.0783. The van der Waals surface area contributed by atoms with Gasteiger partial charge in [-0.2, -0.15) is 0 Å². The summed E-state index contributed by atoms with van der Waals surface area (Å²) in [6, 6.07) is 6.00. The highest BCUT2D eigenvalue weighted by molar-refractivity contribution is 8.00. The van der Waals surface area contributed by atoms with Gasteiger partial charge < -0.3 is 9.84 Å². The van der Waals surface area contributed by atoms with Gasteiger partial charge in [-0.3, -0.25) is 0 Å². The molecule has 0 bridgehead atoms. The molecule has 104 valence electrons. The van der Waals surface area contributed by atoms with E-state index in [0.717, 1.165) is 21.4 Å². The normalized spacial score (nSPS) is 9.90. The summed E-state index contributed by atoms with van der Waals surface area (Å²) in [5.74, 6) is 7.58. The number of aromatic nitrogens is 1. The van der Waals surface area contributed by atoms with Crippen molar-refractivity contribution in [3.63, 3.8) is 0 Å². The molecule has 0 saturated heterocycles. The van der Waals surface area contributed by atoms with E-state index in [1.807, 2.05) is 29.8 Å². The van der Waals surface area contributed by atoms with Gasteiger partial charge in [-0.15, -0.1) is 11.3 Å². The van der Waals surface area contributed by atoms with E-state index in [9.17, 15) is 0 Å². The third kappa shape index (κ3) is 4.27. The van der Waals surface area contributed by atoms with Gasteiger partial charge in [0.15, 0.2) is 0 Å². The number of hydrogen-bond acceptors (Lipinski definition) is 5. The first-order valence-corrected chi connectivity index (χ1v) is 7.99. The lowest BCUT2D eigenvalue weighted by molar-refractivity contribution is 0.305. The topological polar surface area (TPSA) is 42.4 Å². The number of nitrogens with zero attached hydrogens (tertiary/aromatic N) is 1. The molecule has 0 aliphatic carbocycles. The molecule has 2 aromatic rings. The number of methoxy groups -OCH3 is 1. The molecular formula is C15H15NO2S2. The van der Waals surface area contributed by atoms with E-state index in [4.69, 9.17) is 9.84 Å². The maximum atomic E-state index is 8.77. The Hall–Kier alpha value is -1.48. The lowest BCUT2D eigenvalue weighted by Gasteiger charge is -2.06. The van der Waals surface area contributed by atoms with Crippen molar-refractivity contribution < 1.29 is 9.84 Å². The van der Waals surface area contributed by atoms with Gasteiger partial charge in [-0.25, -0.2) is 4.98 Å². The number of aliphatic hydroxyl groups is 1. The smallest absolute Gasteiger partial charge is 0.150 e. The molecule has 5 heteroatoms. The Balaban J connectivity index is 2.10. The molecule has 0 amide bonds. The van der Waals surface area contributed by atoms with E-state index in [1.165, 1.54) is 5.56 Å². The maximum absolute atomic E-state index is 8.77. The Morgan fingerprint density at radius 3 is 3.05 bits per heavy atom. The molecule has 1 N–H and O–H groups in total. The second-order valence-electron chi connectivity index (χ2n) is 3.90. The van der Waals surface area contributed by atoms with Crippen molar-refractivity contribution in [1.29, 1.82) is 0 Å². The monoisotopic (exact) mass is 305 g/mol. The second kappa shape index (κ2) is 7.95. The third-order valence-corrected chi connectivity index (χ3v) is 4.53. The lowest BCUT2D eigenvalue weighted by atomic mass is 10.1. The molecule has 1 aromatic carbocycles. The number of ether oxygens (including phenoxy) is 1. The van der Waals surface area contributed by atoms with E-state index >= 15 is 0 Å². The predicted octanol–water partition coefficient (Wildman–Crippen LogP) is 3.18. The van der Waals surface area contributed by atoms with Crippen LogP contribution in [-0.2, 0) is 5.75 Å². The molecule has 0 unspecified atom stereocenters. The zero-order valence-electron chi connectivity index (χ0n) is 11.1. The molecule has 0 aliphatic rings. The van der Waals surface area contributed by atoms with E-state index < -0.39 is 0 Å². The average Bonchev–Trinajstić information content (AvgIpc) is 2.99. The van der Waals surface area contributed by atoms with Gasteiger partial charge in [0.2, 0.25) is 0 Å². The highest BCUT2D eigenvalue weighted by atomic mass is 32.2. The highest BCUT2D eigenvalue weighted by Crippen LogP contribution is 2.27.